The fraction of sp³-hybridized carbons (Fsp3) is 0.250. The highest BCUT2D eigenvalue weighted by atomic mass is 16.5. The molecule has 1 saturated heterocycles. The van der Waals surface area contributed by atoms with Crippen LogP contribution in [0.5, 0.6) is 0 Å². The molecule has 0 spiro atoms. The summed E-state index contributed by atoms with van der Waals surface area (Å²) in [7, 11) is 0. The van der Waals surface area contributed by atoms with Crippen molar-refractivity contribution in [3.63, 3.8) is 0 Å². The molecule has 4 rings (SSSR count). The minimum atomic E-state index is 0.0315. The van der Waals surface area contributed by atoms with Gasteiger partial charge in [0, 0.05) is 36.4 Å². The van der Waals surface area contributed by atoms with E-state index < -0.39 is 0 Å². The van der Waals surface area contributed by atoms with E-state index in [0.29, 0.717) is 25.3 Å². The molecule has 1 amide bonds. The largest absolute Gasteiger partial charge is 0.375 e. The standard InChI is InChI=1S/C20H19N3O2/c1-14-13-23(10-11-25-14)20(24)17-12-19(15-6-8-21-9-7-15)22-18-5-3-2-4-16(17)18/h2-9,12,14H,10-11,13H2,1H3/t14-/m0/s1. The lowest BCUT2D eigenvalue weighted by Gasteiger charge is -2.31. The van der Waals surface area contributed by atoms with Crippen LogP contribution in [0, 0.1) is 0 Å². The summed E-state index contributed by atoms with van der Waals surface area (Å²) >= 11 is 0. The SMILES string of the molecule is C[C@H]1CN(C(=O)c2cc(-c3ccncc3)nc3ccccc23)CCO1. The average Bonchev–Trinajstić information content (AvgIpc) is 2.67. The van der Waals surface area contributed by atoms with Gasteiger partial charge in [0.2, 0.25) is 0 Å². The van der Waals surface area contributed by atoms with Gasteiger partial charge in [0.1, 0.15) is 0 Å². The van der Waals surface area contributed by atoms with E-state index in [1.807, 2.05) is 54.3 Å². The number of ether oxygens (including phenoxy) is 1. The Kier molecular flexibility index (Phi) is 4.15. The highest BCUT2D eigenvalue weighted by Gasteiger charge is 2.24. The van der Waals surface area contributed by atoms with Crippen molar-refractivity contribution in [2.45, 2.75) is 13.0 Å². The minimum Gasteiger partial charge on any atom is -0.375 e. The number of amides is 1. The Hall–Kier alpha value is -2.79. The zero-order chi connectivity index (χ0) is 17.2. The van der Waals surface area contributed by atoms with Crippen molar-refractivity contribution < 1.29 is 9.53 Å². The van der Waals surface area contributed by atoms with Crippen molar-refractivity contribution in [2.24, 2.45) is 0 Å². The molecule has 5 heteroatoms. The summed E-state index contributed by atoms with van der Waals surface area (Å²) in [5, 5.41) is 0.879. The van der Waals surface area contributed by atoms with Gasteiger partial charge in [0.15, 0.2) is 0 Å². The first kappa shape index (κ1) is 15.7. The molecule has 3 heterocycles. The molecule has 126 valence electrons. The molecule has 0 saturated carbocycles. The van der Waals surface area contributed by atoms with Crippen LogP contribution in [-0.4, -0.2) is 46.6 Å². The van der Waals surface area contributed by atoms with E-state index in [2.05, 4.69) is 4.98 Å². The van der Waals surface area contributed by atoms with Crippen molar-refractivity contribution in [1.82, 2.24) is 14.9 Å². The maximum absolute atomic E-state index is 13.2. The van der Waals surface area contributed by atoms with E-state index in [9.17, 15) is 4.79 Å². The summed E-state index contributed by atoms with van der Waals surface area (Å²) in [5.74, 6) is 0.0315. The van der Waals surface area contributed by atoms with Gasteiger partial charge in [-0.2, -0.15) is 0 Å². The van der Waals surface area contributed by atoms with Crippen LogP contribution in [0.4, 0.5) is 0 Å². The first-order chi connectivity index (χ1) is 12.2. The fourth-order valence-electron chi connectivity index (χ4n) is 3.20. The fourth-order valence-corrected chi connectivity index (χ4v) is 3.20. The van der Waals surface area contributed by atoms with Gasteiger partial charge in [-0.15, -0.1) is 0 Å². The van der Waals surface area contributed by atoms with Gasteiger partial charge in [-0.05, 0) is 31.2 Å². The van der Waals surface area contributed by atoms with Crippen LogP contribution >= 0.6 is 0 Å². The number of fused-ring (bicyclic) bond motifs is 1. The van der Waals surface area contributed by atoms with E-state index >= 15 is 0 Å². The molecule has 5 nitrogen and oxygen atoms in total. The molecule has 0 radical (unpaired) electrons. The number of pyridine rings is 2. The second-order valence-electron chi connectivity index (χ2n) is 6.24. The number of carbonyl (C=O) groups is 1. The Labute approximate surface area is 146 Å². The number of hydrogen-bond acceptors (Lipinski definition) is 4. The molecular formula is C20H19N3O2. The van der Waals surface area contributed by atoms with Crippen molar-refractivity contribution in [1.29, 1.82) is 0 Å². The zero-order valence-corrected chi connectivity index (χ0v) is 14.1. The third kappa shape index (κ3) is 3.10. The molecule has 0 bridgehead atoms. The molecular weight excluding hydrogens is 314 g/mol. The number of para-hydroxylation sites is 1. The van der Waals surface area contributed by atoms with Gasteiger partial charge in [-0.3, -0.25) is 9.78 Å². The predicted octanol–water partition coefficient (Wildman–Crippen LogP) is 3.16. The van der Waals surface area contributed by atoms with Crippen molar-refractivity contribution in [2.75, 3.05) is 19.7 Å². The summed E-state index contributed by atoms with van der Waals surface area (Å²) in [6.45, 7) is 3.80. The van der Waals surface area contributed by atoms with E-state index in [1.54, 1.807) is 12.4 Å². The molecule has 2 aromatic heterocycles. The minimum absolute atomic E-state index is 0.0315. The van der Waals surface area contributed by atoms with Gasteiger partial charge in [0.05, 0.1) is 29.5 Å². The van der Waals surface area contributed by atoms with Crippen molar-refractivity contribution in [3.05, 3.63) is 60.4 Å². The van der Waals surface area contributed by atoms with Gasteiger partial charge in [-0.1, -0.05) is 18.2 Å². The number of benzene rings is 1. The monoisotopic (exact) mass is 333 g/mol. The van der Waals surface area contributed by atoms with Crippen molar-refractivity contribution in [3.8, 4) is 11.3 Å². The van der Waals surface area contributed by atoms with Gasteiger partial charge < -0.3 is 9.64 Å². The van der Waals surface area contributed by atoms with Crippen LogP contribution < -0.4 is 0 Å². The van der Waals surface area contributed by atoms with E-state index in [-0.39, 0.29) is 12.0 Å². The number of rotatable bonds is 2. The Morgan fingerprint density at radius 1 is 1.20 bits per heavy atom. The molecule has 0 N–H and O–H groups in total. The van der Waals surface area contributed by atoms with Crippen LogP contribution in [0.3, 0.4) is 0 Å². The highest BCUT2D eigenvalue weighted by molar-refractivity contribution is 6.07. The van der Waals surface area contributed by atoms with Crippen LogP contribution in [0.1, 0.15) is 17.3 Å². The Morgan fingerprint density at radius 3 is 2.80 bits per heavy atom. The number of morpholine rings is 1. The first-order valence-corrected chi connectivity index (χ1v) is 8.43. The van der Waals surface area contributed by atoms with Gasteiger partial charge >= 0.3 is 0 Å². The Morgan fingerprint density at radius 2 is 2.00 bits per heavy atom. The van der Waals surface area contributed by atoms with Gasteiger partial charge in [-0.25, -0.2) is 4.98 Å². The molecule has 3 aromatic rings. The van der Waals surface area contributed by atoms with Crippen LogP contribution in [-0.2, 0) is 4.74 Å². The third-order valence-electron chi connectivity index (χ3n) is 4.45. The Bertz CT molecular complexity index is 911. The van der Waals surface area contributed by atoms with Crippen LogP contribution in [0.15, 0.2) is 54.9 Å². The lowest BCUT2D eigenvalue weighted by atomic mass is 10.0. The third-order valence-corrected chi connectivity index (χ3v) is 4.45. The molecule has 0 unspecified atom stereocenters. The summed E-state index contributed by atoms with van der Waals surface area (Å²) < 4.78 is 5.56. The lowest BCUT2D eigenvalue weighted by molar-refractivity contribution is -0.0123. The van der Waals surface area contributed by atoms with Crippen LogP contribution in [0.2, 0.25) is 0 Å². The molecule has 1 atom stereocenters. The number of nitrogens with zero attached hydrogens (tertiary/aromatic N) is 3. The van der Waals surface area contributed by atoms with Gasteiger partial charge in [0.25, 0.3) is 5.91 Å². The molecule has 0 aliphatic carbocycles. The molecule has 1 aromatic carbocycles. The molecule has 1 fully saturated rings. The number of aromatic nitrogens is 2. The lowest BCUT2D eigenvalue weighted by Crippen LogP contribution is -2.44. The zero-order valence-electron chi connectivity index (χ0n) is 14.1. The summed E-state index contributed by atoms with van der Waals surface area (Å²) in [5.41, 5.74) is 3.24. The quantitative estimate of drug-likeness (QED) is 0.723. The Balaban J connectivity index is 1.82. The molecule has 1 aliphatic heterocycles. The maximum atomic E-state index is 13.2. The highest BCUT2D eigenvalue weighted by Crippen LogP contribution is 2.26. The number of hydrogen-bond donors (Lipinski definition) is 0. The summed E-state index contributed by atoms with van der Waals surface area (Å²) in [4.78, 5) is 23.8. The summed E-state index contributed by atoms with van der Waals surface area (Å²) in [6, 6.07) is 13.5. The van der Waals surface area contributed by atoms with E-state index in [4.69, 9.17) is 9.72 Å². The van der Waals surface area contributed by atoms with E-state index in [1.165, 1.54) is 0 Å². The van der Waals surface area contributed by atoms with Crippen molar-refractivity contribution >= 4 is 16.8 Å². The van der Waals surface area contributed by atoms with E-state index in [0.717, 1.165) is 22.2 Å². The smallest absolute Gasteiger partial charge is 0.254 e. The number of carbonyl (C=O) groups excluding carboxylic acids is 1. The first-order valence-electron chi connectivity index (χ1n) is 8.43. The average molecular weight is 333 g/mol. The maximum Gasteiger partial charge on any atom is 0.254 e. The second kappa shape index (κ2) is 6.61. The normalized spacial score (nSPS) is 17.6. The second-order valence-corrected chi connectivity index (χ2v) is 6.24. The van der Waals surface area contributed by atoms with Crippen LogP contribution in [0.25, 0.3) is 22.2 Å². The predicted molar refractivity (Wildman–Crippen MR) is 96.3 cm³/mol. The molecule has 25 heavy (non-hydrogen) atoms. The topological polar surface area (TPSA) is 55.3 Å². The summed E-state index contributed by atoms with van der Waals surface area (Å²) in [6.07, 6.45) is 3.53. The molecule has 1 aliphatic rings.